The zero-order chi connectivity index (χ0) is 36.8. The monoisotopic (exact) mass is 727 g/mol. The number of hydrogen-bond acceptors (Lipinski definition) is 2. The van der Waals surface area contributed by atoms with Gasteiger partial charge >= 0.3 is 0 Å². The number of anilines is 3. The Morgan fingerprint density at radius 1 is 0.333 bits per heavy atom. The highest BCUT2D eigenvalue weighted by molar-refractivity contribution is 7.26. The molecule has 0 aliphatic rings. The summed E-state index contributed by atoms with van der Waals surface area (Å²) in [5.41, 5.74) is 5.75. The second kappa shape index (κ2) is 13.8. The number of thiophene rings is 1. The Balaban J connectivity index is 1.14. The van der Waals surface area contributed by atoms with Crippen molar-refractivity contribution in [3.8, 4) is 44.5 Å². The third-order valence-corrected chi connectivity index (χ3v) is 11.0. The molecule has 9 rings (SSSR count). The van der Waals surface area contributed by atoms with Crippen LogP contribution in [0, 0.1) is 23.3 Å². The SMILES string of the molecule is Fc1c(F)c(-c2ccc(N(c3ccc(-c4ccccc4)cc3)c3ccc(-c4ccccc4)cc3)cc2)c(F)c(-c2cccc3c2sc2ccccc23)c1F. The van der Waals surface area contributed by atoms with Gasteiger partial charge in [-0.1, -0.05) is 133 Å². The van der Waals surface area contributed by atoms with Gasteiger partial charge in [-0.15, -0.1) is 11.3 Å². The minimum absolute atomic E-state index is 0.0798. The Morgan fingerprint density at radius 2 is 0.778 bits per heavy atom. The van der Waals surface area contributed by atoms with E-state index in [1.165, 1.54) is 11.3 Å². The molecule has 260 valence electrons. The lowest BCUT2D eigenvalue weighted by Crippen LogP contribution is -2.10. The maximum atomic E-state index is 16.6. The van der Waals surface area contributed by atoms with Gasteiger partial charge in [-0.3, -0.25) is 0 Å². The van der Waals surface area contributed by atoms with Crippen LogP contribution < -0.4 is 4.90 Å². The van der Waals surface area contributed by atoms with Gasteiger partial charge in [0.1, 0.15) is 5.82 Å². The molecule has 0 saturated carbocycles. The summed E-state index contributed by atoms with van der Waals surface area (Å²) >= 11 is 1.36. The van der Waals surface area contributed by atoms with Crippen molar-refractivity contribution >= 4 is 48.6 Å². The highest BCUT2D eigenvalue weighted by Gasteiger charge is 2.29. The van der Waals surface area contributed by atoms with Crippen LogP contribution in [-0.2, 0) is 0 Å². The normalized spacial score (nSPS) is 11.3. The molecule has 0 atom stereocenters. The summed E-state index contributed by atoms with van der Waals surface area (Å²) < 4.78 is 64.9. The molecule has 0 aliphatic heterocycles. The van der Waals surface area contributed by atoms with Gasteiger partial charge in [-0.05, 0) is 70.3 Å². The van der Waals surface area contributed by atoms with Crippen LogP contribution >= 0.6 is 11.3 Å². The highest BCUT2D eigenvalue weighted by Crippen LogP contribution is 2.45. The lowest BCUT2D eigenvalue weighted by Gasteiger charge is -2.26. The number of hydrogen-bond donors (Lipinski definition) is 0. The van der Waals surface area contributed by atoms with E-state index in [1.54, 1.807) is 36.4 Å². The van der Waals surface area contributed by atoms with E-state index in [0.29, 0.717) is 10.4 Å². The molecule has 0 N–H and O–H groups in total. The van der Waals surface area contributed by atoms with Gasteiger partial charge in [0.05, 0.1) is 11.1 Å². The summed E-state index contributed by atoms with van der Waals surface area (Å²) in [6.45, 7) is 0. The van der Waals surface area contributed by atoms with Gasteiger partial charge in [-0.25, -0.2) is 17.6 Å². The van der Waals surface area contributed by atoms with Crippen molar-refractivity contribution in [3.63, 3.8) is 0 Å². The molecule has 0 radical (unpaired) electrons. The van der Waals surface area contributed by atoms with Crippen LogP contribution in [-0.4, -0.2) is 0 Å². The van der Waals surface area contributed by atoms with Gasteiger partial charge in [0.2, 0.25) is 0 Å². The molecule has 0 aliphatic carbocycles. The van der Waals surface area contributed by atoms with E-state index in [4.69, 9.17) is 0 Å². The molecule has 0 fully saturated rings. The van der Waals surface area contributed by atoms with Gasteiger partial charge in [0.25, 0.3) is 0 Å². The van der Waals surface area contributed by atoms with Crippen molar-refractivity contribution < 1.29 is 17.6 Å². The van der Waals surface area contributed by atoms with Crippen molar-refractivity contribution in [2.24, 2.45) is 0 Å². The van der Waals surface area contributed by atoms with Crippen molar-refractivity contribution in [3.05, 3.63) is 199 Å². The van der Waals surface area contributed by atoms with Crippen LogP contribution in [0.1, 0.15) is 0 Å². The van der Waals surface area contributed by atoms with Gasteiger partial charge in [0.15, 0.2) is 17.5 Å². The molecule has 54 heavy (non-hydrogen) atoms. The van der Waals surface area contributed by atoms with Crippen molar-refractivity contribution in [2.45, 2.75) is 0 Å². The van der Waals surface area contributed by atoms with Crippen LogP contribution in [0.25, 0.3) is 64.7 Å². The fourth-order valence-corrected chi connectivity index (χ4v) is 8.38. The Kier molecular flexibility index (Phi) is 8.53. The van der Waals surface area contributed by atoms with E-state index >= 15 is 17.6 Å². The quantitative estimate of drug-likeness (QED) is 0.0898. The summed E-state index contributed by atoms with van der Waals surface area (Å²) in [5.74, 6) is -6.01. The first-order valence-corrected chi connectivity index (χ1v) is 18.3. The van der Waals surface area contributed by atoms with Gasteiger partial charge < -0.3 is 4.90 Å². The molecule has 0 amide bonds. The number of benzene rings is 8. The van der Waals surface area contributed by atoms with E-state index in [9.17, 15) is 0 Å². The van der Waals surface area contributed by atoms with Gasteiger partial charge in [-0.2, -0.15) is 0 Å². The summed E-state index contributed by atoms with van der Waals surface area (Å²) in [6, 6.07) is 55.7. The first kappa shape index (κ1) is 33.3. The third kappa shape index (κ3) is 5.81. The van der Waals surface area contributed by atoms with E-state index < -0.39 is 34.4 Å². The molecule has 0 spiro atoms. The second-order valence-corrected chi connectivity index (χ2v) is 14.0. The fourth-order valence-electron chi connectivity index (χ4n) is 7.16. The predicted molar refractivity (Wildman–Crippen MR) is 216 cm³/mol. The van der Waals surface area contributed by atoms with E-state index in [2.05, 4.69) is 48.5 Å². The minimum atomic E-state index is -1.72. The maximum absolute atomic E-state index is 16.6. The first-order chi connectivity index (χ1) is 26.5. The van der Waals surface area contributed by atoms with E-state index in [0.717, 1.165) is 49.1 Å². The summed E-state index contributed by atoms with van der Waals surface area (Å²) in [7, 11) is 0. The Morgan fingerprint density at radius 3 is 1.33 bits per heavy atom. The maximum Gasteiger partial charge on any atom is 0.195 e. The topological polar surface area (TPSA) is 3.24 Å². The largest absolute Gasteiger partial charge is 0.311 e. The zero-order valence-electron chi connectivity index (χ0n) is 28.6. The average Bonchev–Trinajstić information content (AvgIpc) is 3.62. The number of fused-ring (bicyclic) bond motifs is 3. The van der Waals surface area contributed by atoms with Crippen molar-refractivity contribution in [1.82, 2.24) is 0 Å². The first-order valence-electron chi connectivity index (χ1n) is 17.4. The molecule has 6 heteroatoms. The molecule has 0 bridgehead atoms. The predicted octanol–water partition coefficient (Wildman–Crippen LogP) is 14.7. The summed E-state index contributed by atoms with van der Waals surface area (Å²) in [6.07, 6.45) is 0. The van der Waals surface area contributed by atoms with Crippen LogP contribution in [0.15, 0.2) is 176 Å². The molecule has 0 saturated heterocycles. The molecule has 1 aromatic heterocycles. The van der Waals surface area contributed by atoms with Crippen LogP contribution in [0.4, 0.5) is 34.6 Å². The lowest BCUT2D eigenvalue weighted by atomic mass is 9.95. The zero-order valence-corrected chi connectivity index (χ0v) is 29.4. The fraction of sp³-hybridized carbons (Fsp3) is 0. The summed E-state index contributed by atoms with van der Waals surface area (Å²) in [4.78, 5) is 2.04. The van der Waals surface area contributed by atoms with E-state index in [-0.39, 0.29) is 11.1 Å². The Labute approximate surface area is 313 Å². The number of nitrogens with zero attached hydrogens (tertiary/aromatic N) is 1. The second-order valence-electron chi connectivity index (χ2n) is 13.0. The van der Waals surface area contributed by atoms with Crippen molar-refractivity contribution in [1.29, 1.82) is 0 Å². The van der Waals surface area contributed by atoms with Crippen LogP contribution in [0.5, 0.6) is 0 Å². The Bertz CT molecular complexity index is 2700. The van der Waals surface area contributed by atoms with E-state index in [1.807, 2.05) is 95.9 Å². The average molecular weight is 728 g/mol. The van der Waals surface area contributed by atoms with Crippen LogP contribution in [0.2, 0.25) is 0 Å². The third-order valence-electron chi connectivity index (χ3n) is 9.82. The molecule has 1 nitrogen and oxygen atoms in total. The standard InChI is InChI=1S/C48H29F4NS/c49-44-42(45(50)47(52)46(51)43(44)40-16-9-15-39-38-14-7-8-17-41(38)54-48(39)40)34-22-28-37(29-23-34)53(35-24-18-32(19-25-35)30-10-3-1-4-11-30)36-26-20-33(21-27-36)31-12-5-2-6-13-31/h1-29H. The van der Waals surface area contributed by atoms with Gasteiger partial charge in [0, 0.05) is 42.8 Å². The number of rotatable bonds is 7. The smallest absolute Gasteiger partial charge is 0.195 e. The molecular weight excluding hydrogens is 699 g/mol. The number of halogens is 4. The lowest BCUT2D eigenvalue weighted by molar-refractivity contribution is 0.440. The summed E-state index contributed by atoms with van der Waals surface area (Å²) in [5, 5.41) is 1.71. The molecule has 1 heterocycles. The molecule has 0 unspecified atom stereocenters. The molecule has 8 aromatic carbocycles. The van der Waals surface area contributed by atoms with Crippen molar-refractivity contribution in [2.75, 3.05) is 4.90 Å². The minimum Gasteiger partial charge on any atom is -0.311 e. The molecular formula is C48H29F4NS. The Hall–Kier alpha value is -6.50. The highest BCUT2D eigenvalue weighted by atomic mass is 32.1. The molecule has 9 aromatic rings. The van der Waals surface area contributed by atoms with Crippen LogP contribution in [0.3, 0.4) is 0 Å².